The first-order chi connectivity index (χ1) is 9.17. The van der Waals surface area contributed by atoms with Crippen LogP contribution in [0, 0.1) is 0 Å². The Balaban J connectivity index is 2.35. The SMILES string of the molecule is COc1ccc(C(CN)n2ccnc2C(C)C)cc1. The van der Waals surface area contributed by atoms with E-state index in [2.05, 4.69) is 35.5 Å². The zero-order valence-corrected chi connectivity index (χ0v) is 11.7. The van der Waals surface area contributed by atoms with Crippen LogP contribution >= 0.6 is 0 Å². The summed E-state index contributed by atoms with van der Waals surface area (Å²) in [6.07, 6.45) is 3.83. The first-order valence-corrected chi connectivity index (χ1v) is 6.54. The molecule has 4 nitrogen and oxygen atoms in total. The van der Waals surface area contributed by atoms with E-state index in [9.17, 15) is 0 Å². The van der Waals surface area contributed by atoms with Crippen LogP contribution in [0.25, 0.3) is 0 Å². The molecule has 4 heteroatoms. The Kier molecular flexibility index (Phi) is 4.22. The third-order valence-corrected chi connectivity index (χ3v) is 3.27. The van der Waals surface area contributed by atoms with Crippen LogP contribution in [-0.2, 0) is 0 Å². The molecular weight excluding hydrogens is 238 g/mol. The minimum Gasteiger partial charge on any atom is -0.497 e. The lowest BCUT2D eigenvalue weighted by atomic mass is 10.1. The summed E-state index contributed by atoms with van der Waals surface area (Å²) in [5.74, 6) is 2.29. The number of nitrogens with two attached hydrogens (primary N) is 1. The summed E-state index contributed by atoms with van der Waals surface area (Å²) in [5, 5.41) is 0. The van der Waals surface area contributed by atoms with Gasteiger partial charge in [0.25, 0.3) is 0 Å². The van der Waals surface area contributed by atoms with E-state index in [0.29, 0.717) is 12.5 Å². The van der Waals surface area contributed by atoms with Gasteiger partial charge in [-0.1, -0.05) is 26.0 Å². The highest BCUT2D eigenvalue weighted by Gasteiger charge is 2.17. The molecule has 1 aromatic heterocycles. The number of imidazole rings is 1. The first kappa shape index (κ1) is 13.6. The van der Waals surface area contributed by atoms with Crippen molar-refractivity contribution in [3.63, 3.8) is 0 Å². The van der Waals surface area contributed by atoms with Gasteiger partial charge < -0.3 is 15.0 Å². The molecule has 19 heavy (non-hydrogen) atoms. The molecule has 1 atom stereocenters. The average Bonchev–Trinajstić information content (AvgIpc) is 2.90. The topological polar surface area (TPSA) is 53.1 Å². The zero-order chi connectivity index (χ0) is 13.8. The number of nitrogens with zero attached hydrogens (tertiary/aromatic N) is 2. The Morgan fingerprint density at radius 3 is 2.47 bits per heavy atom. The van der Waals surface area contributed by atoms with Crippen molar-refractivity contribution < 1.29 is 4.74 Å². The smallest absolute Gasteiger partial charge is 0.118 e. The minimum atomic E-state index is 0.116. The highest BCUT2D eigenvalue weighted by molar-refractivity contribution is 5.30. The fraction of sp³-hybridized carbons (Fsp3) is 0.400. The van der Waals surface area contributed by atoms with E-state index in [-0.39, 0.29) is 6.04 Å². The van der Waals surface area contributed by atoms with Crippen LogP contribution in [0.4, 0.5) is 0 Å². The van der Waals surface area contributed by atoms with Gasteiger partial charge in [0.05, 0.1) is 13.2 Å². The van der Waals surface area contributed by atoms with Gasteiger partial charge in [0.15, 0.2) is 0 Å². The first-order valence-electron chi connectivity index (χ1n) is 6.54. The summed E-state index contributed by atoms with van der Waals surface area (Å²) in [6.45, 7) is 4.82. The summed E-state index contributed by atoms with van der Waals surface area (Å²) < 4.78 is 7.34. The molecule has 0 saturated carbocycles. The molecule has 102 valence electrons. The van der Waals surface area contributed by atoms with Gasteiger partial charge in [0, 0.05) is 24.9 Å². The molecule has 0 spiro atoms. The van der Waals surface area contributed by atoms with Crippen LogP contribution in [0.3, 0.4) is 0 Å². The standard InChI is InChI=1S/C15H21N3O/c1-11(2)15-17-8-9-18(15)14(10-16)12-4-6-13(19-3)7-5-12/h4-9,11,14H,10,16H2,1-3H3. The predicted octanol–water partition coefficient (Wildman–Crippen LogP) is 2.56. The lowest BCUT2D eigenvalue weighted by Crippen LogP contribution is -2.22. The van der Waals surface area contributed by atoms with E-state index in [1.165, 1.54) is 5.56 Å². The second-order valence-electron chi connectivity index (χ2n) is 4.87. The van der Waals surface area contributed by atoms with Gasteiger partial charge >= 0.3 is 0 Å². The van der Waals surface area contributed by atoms with Crippen molar-refractivity contribution >= 4 is 0 Å². The maximum absolute atomic E-state index is 5.96. The van der Waals surface area contributed by atoms with Crippen LogP contribution in [-0.4, -0.2) is 23.2 Å². The third kappa shape index (κ3) is 2.79. The summed E-state index contributed by atoms with van der Waals surface area (Å²) in [6, 6.07) is 8.15. The van der Waals surface area contributed by atoms with Crippen LogP contribution in [0.5, 0.6) is 5.75 Å². The molecule has 1 heterocycles. The molecule has 2 aromatic rings. The molecule has 0 fully saturated rings. The monoisotopic (exact) mass is 259 g/mol. The highest BCUT2D eigenvalue weighted by Crippen LogP contribution is 2.24. The van der Waals surface area contributed by atoms with Crippen molar-refractivity contribution in [1.29, 1.82) is 0 Å². The average molecular weight is 259 g/mol. The van der Waals surface area contributed by atoms with E-state index in [1.54, 1.807) is 7.11 Å². The Bertz CT molecular complexity index is 516. The van der Waals surface area contributed by atoms with E-state index >= 15 is 0 Å². The lowest BCUT2D eigenvalue weighted by Gasteiger charge is -2.21. The van der Waals surface area contributed by atoms with Gasteiger partial charge in [-0.15, -0.1) is 0 Å². The minimum absolute atomic E-state index is 0.116. The fourth-order valence-electron chi connectivity index (χ4n) is 2.27. The normalized spacial score (nSPS) is 12.7. The summed E-state index contributed by atoms with van der Waals surface area (Å²) >= 11 is 0. The van der Waals surface area contributed by atoms with E-state index in [1.807, 2.05) is 24.5 Å². The van der Waals surface area contributed by atoms with Gasteiger partial charge in [0.1, 0.15) is 11.6 Å². The molecule has 0 radical (unpaired) electrons. The van der Waals surface area contributed by atoms with Gasteiger partial charge in [-0.3, -0.25) is 0 Å². The molecule has 0 aliphatic carbocycles. The number of ether oxygens (including phenoxy) is 1. The summed E-state index contributed by atoms with van der Waals surface area (Å²) in [4.78, 5) is 4.43. The third-order valence-electron chi connectivity index (χ3n) is 3.27. The number of hydrogen-bond acceptors (Lipinski definition) is 3. The Hall–Kier alpha value is -1.81. The summed E-state index contributed by atoms with van der Waals surface area (Å²) in [7, 11) is 1.67. The Morgan fingerprint density at radius 2 is 1.95 bits per heavy atom. The lowest BCUT2D eigenvalue weighted by molar-refractivity contribution is 0.414. The number of rotatable bonds is 5. The molecule has 2 rings (SSSR count). The fourth-order valence-corrected chi connectivity index (χ4v) is 2.27. The number of methoxy groups -OCH3 is 1. The number of aromatic nitrogens is 2. The second kappa shape index (κ2) is 5.89. The Morgan fingerprint density at radius 1 is 1.26 bits per heavy atom. The maximum atomic E-state index is 5.96. The largest absolute Gasteiger partial charge is 0.497 e. The van der Waals surface area contributed by atoms with E-state index < -0.39 is 0 Å². The van der Waals surface area contributed by atoms with Gasteiger partial charge in [0.2, 0.25) is 0 Å². The van der Waals surface area contributed by atoms with Gasteiger partial charge in [-0.25, -0.2) is 4.98 Å². The molecule has 0 aliphatic rings. The van der Waals surface area contributed by atoms with E-state index in [4.69, 9.17) is 10.5 Å². The molecule has 0 saturated heterocycles. The molecule has 2 N–H and O–H groups in total. The highest BCUT2D eigenvalue weighted by atomic mass is 16.5. The quantitative estimate of drug-likeness (QED) is 0.897. The van der Waals surface area contributed by atoms with Crippen molar-refractivity contribution in [3.8, 4) is 5.75 Å². The van der Waals surface area contributed by atoms with Crippen molar-refractivity contribution in [2.75, 3.05) is 13.7 Å². The van der Waals surface area contributed by atoms with Gasteiger partial charge in [-0.2, -0.15) is 0 Å². The summed E-state index contributed by atoms with van der Waals surface area (Å²) in [5.41, 5.74) is 7.13. The van der Waals surface area contributed by atoms with Gasteiger partial charge in [-0.05, 0) is 17.7 Å². The molecule has 1 aromatic carbocycles. The van der Waals surface area contributed by atoms with E-state index in [0.717, 1.165) is 11.6 Å². The predicted molar refractivity (Wildman–Crippen MR) is 76.5 cm³/mol. The van der Waals surface area contributed by atoms with Crippen LogP contribution in [0.1, 0.15) is 37.2 Å². The molecule has 0 amide bonds. The molecule has 0 bridgehead atoms. The van der Waals surface area contributed by atoms with Crippen molar-refractivity contribution in [2.24, 2.45) is 5.73 Å². The number of hydrogen-bond donors (Lipinski definition) is 1. The molecule has 1 unspecified atom stereocenters. The Labute approximate surface area is 114 Å². The van der Waals surface area contributed by atoms with Crippen LogP contribution < -0.4 is 10.5 Å². The van der Waals surface area contributed by atoms with Crippen molar-refractivity contribution in [2.45, 2.75) is 25.8 Å². The van der Waals surface area contributed by atoms with Crippen molar-refractivity contribution in [1.82, 2.24) is 9.55 Å². The van der Waals surface area contributed by atoms with Crippen molar-refractivity contribution in [3.05, 3.63) is 48.0 Å². The molecular formula is C15H21N3O. The van der Waals surface area contributed by atoms with Crippen LogP contribution in [0.2, 0.25) is 0 Å². The number of benzene rings is 1. The zero-order valence-electron chi connectivity index (χ0n) is 11.7. The second-order valence-corrected chi connectivity index (χ2v) is 4.87. The molecule has 0 aliphatic heterocycles. The van der Waals surface area contributed by atoms with Crippen LogP contribution in [0.15, 0.2) is 36.7 Å². The maximum Gasteiger partial charge on any atom is 0.118 e.